The lowest BCUT2D eigenvalue weighted by Crippen LogP contribution is -2.45. The van der Waals surface area contributed by atoms with Gasteiger partial charge in [0.1, 0.15) is 6.67 Å². The minimum Gasteiger partial charge on any atom is -0.290 e. The van der Waals surface area contributed by atoms with Crippen LogP contribution in [-0.4, -0.2) is 29.3 Å². The molecule has 7 rings (SSSR count). The number of allylic oxidation sites excluding steroid dienone is 2. The van der Waals surface area contributed by atoms with Crippen LogP contribution in [-0.2, 0) is 9.59 Å². The van der Waals surface area contributed by atoms with Crippen LogP contribution in [0.2, 0.25) is 15.1 Å². The summed E-state index contributed by atoms with van der Waals surface area (Å²) in [7, 11) is 0. The van der Waals surface area contributed by atoms with Crippen LogP contribution in [0, 0.1) is 35.5 Å². The second-order valence-corrected chi connectivity index (χ2v) is 10.5. The van der Waals surface area contributed by atoms with Crippen molar-refractivity contribution in [2.24, 2.45) is 35.5 Å². The highest BCUT2D eigenvalue weighted by Gasteiger charge is 2.67. The van der Waals surface area contributed by atoms with Gasteiger partial charge in [-0.15, -0.1) is 0 Å². The van der Waals surface area contributed by atoms with E-state index in [0.717, 1.165) is 6.42 Å². The predicted molar refractivity (Wildman–Crippen MR) is 126 cm³/mol. The number of imide groups is 1. The van der Waals surface area contributed by atoms with E-state index in [4.69, 9.17) is 34.8 Å². The number of likely N-dealkylation sites (tertiary alicyclic amines) is 1. The highest BCUT2D eigenvalue weighted by molar-refractivity contribution is 6.42. The lowest BCUT2D eigenvalue weighted by Gasteiger charge is -2.37. The van der Waals surface area contributed by atoms with E-state index in [1.165, 1.54) is 15.9 Å². The van der Waals surface area contributed by atoms with Gasteiger partial charge in [-0.3, -0.25) is 24.2 Å². The van der Waals surface area contributed by atoms with E-state index < -0.39 is 5.91 Å². The molecule has 4 aliphatic carbocycles. The third-order valence-electron chi connectivity index (χ3n) is 7.59. The number of carbonyl (C=O) groups is 3. The molecule has 2 saturated carbocycles. The first-order chi connectivity index (χ1) is 15.8. The Morgan fingerprint density at radius 2 is 1.48 bits per heavy atom. The van der Waals surface area contributed by atoms with Gasteiger partial charge < -0.3 is 0 Å². The van der Waals surface area contributed by atoms with Crippen molar-refractivity contribution in [3.8, 4) is 0 Å². The van der Waals surface area contributed by atoms with Crippen LogP contribution in [0.4, 0.5) is 5.69 Å². The van der Waals surface area contributed by atoms with Gasteiger partial charge in [0.2, 0.25) is 11.8 Å². The van der Waals surface area contributed by atoms with Crippen molar-refractivity contribution in [2.45, 2.75) is 6.42 Å². The fourth-order valence-electron chi connectivity index (χ4n) is 5.97. The van der Waals surface area contributed by atoms with E-state index in [-0.39, 0.29) is 47.2 Å². The van der Waals surface area contributed by atoms with E-state index in [9.17, 15) is 14.4 Å². The summed E-state index contributed by atoms with van der Waals surface area (Å²) < 4.78 is 0. The zero-order valence-corrected chi connectivity index (χ0v) is 19.6. The van der Waals surface area contributed by atoms with Crippen LogP contribution >= 0.6 is 34.8 Å². The van der Waals surface area contributed by atoms with Crippen molar-refractivity contribution in [3.05, 3.63) is 75.2 Å². The molecule has 0 unspecified atom stereocenters. The summed E-state index contributed by atoms with van der Waals surface area (Å²) in [6.45, 7) is -0.167. The molecule has 0 N–H and O–H groups in total. The number of anilines is 1. The van der Waals surface area contributed by atoms with Crippen molar-refractivity contribution in [2.75, 3.05) is 11.6 Å². The minimum atomic E-state index is -0.393. The van der Waals surface area contributed by atoms with E-state index in [1.54, 1.807) is 36.4 Å². The maximum absolute atomic E-state index is 13.5. The summed E-state index contributed by atoms with van der Waals surface area (Å²) in [5.74, 6) is -0.109. The molecule has 1 aliphatic heterocycles. The topological polar surface area (TPSA) is 57.7 Å². The molecule has 3 fully saturated rings. The molecule has 0 radical (unpaired) electrons. The molecular weight excluding hydrogens is 483 g/mol. The first kappa shape index (κ1) is 21.2. The van der Waals surface area contributed by atoms with Gasteiger partial charge in [0.25, 0.3) is 5.91 Å². The molecule has 0 aromatic heterocycles. The molecule has 1 saturated heterocycles. The van der Waals surface area contributed by atoms with Crippen LogP contribution in [0.5, 0.6) is 0 Å². The number of hydrogen-bond donors (Lipinski definition) is 0. The SMILES string of the molecule is O=C1[C@@H]2[C@@H]3C=C[C@H]([C@H]4C[C@@H]34)[C@@H]2C(=O)N1CN(C(=O)c1ccc(Cl)c(Cl)c1)c1ccc(Cl)cc1. The number of amides is 3. The first-order valence-corrected chi connectivity index (χ1v) is 12.0. The monoisotopic (exact) mass is 500 g/mol. The van der Waals surface area contributed by atoms with Crippen molar-refractivity contribution in [1.29, 1.82) is 0 Å². The Hall–Kier alpha value is -2.34. The molecule has 168 valence electrons. The quantitative estimate of drug-likeness (QED) is 0.422. The van der Waals surface area contributed by atoms with Crippen LogP contribution in [0.15, 0.2) is 54.6 Å². The third-order valence-corrected chi connectivity index (χ3v) is 8.58. The van der Waals surface area contributed by atoms with Crippen molar-refractivity contribution in [3.63, 3.8) is 0 Å². The van der Waals surface area contributed by atoms with Gasteiger partial charge in [-0.1, -0.05) is 47.0 Å². The second kappa shape index (κ2) is 7.59. The average Bonchev–Trinajstić information content (AvgIpc) is 3.59. The van der Waals surface area contributed by atoms with E-state index in [1.807, 2.05) is 0 Å². The Labute approximate surface area is 205 Å². The van der Waals surface area contributed by atoms with Crippen LogP contribution in [0.1, 0.15) is 16.8 Å². The zero-order valence-electron chi connectivity index (χ0n) is 17.3. The summed E-state index contributed by atoms with van der Waals surface area (Å²) in [5, 5.41) is 1.10. The highest BCUT2D eigenvalue weighted by atomic mass is 35.5. The summed E-state index contributed by atoms with van der Waals surface area (Å²) in [5.41, 5.74) is 0.828. The van der Waals surface area contributed by atoms with Crippen molar-refractivity contribution >= 4 is 58.2 Å². The summed E-state index contributed by atoms with van der Waals surface area (Å²) in [6.07, 6.45) is 5.36. The van der Waals surface area contributed by atoms with Gasteiger partial charge in [-0.2, -0.15) is 0 Å². The van der Waals surface area contributed by atoms with Gasteiger partial charge in [-0.05, 0) is 72.6 Å². The Bertz CT molecular complexity index is 1190. The van der Waals surface area contributed by atoms with E-state index >= 15 is 0 Å². The number of halogens is 3. The maximum atomic E-state index is 13.5. The lowest BCUT2D eigenvalue weighted by molar-refractivity contribution is -0.140. The van der Waals surface area contributed by atoms with Crippen LogP contribution in [0.3, 0.4) is 0 Å². The van der Waals surface area contributed by atoms with Crippen molar-refractivity contribution in [1.82, 2.24) is 4.90 Å². The molecule has 2 bridgehead atoms. The molecule has 2 aromatic rings. The number of benzene rings is 2. The largest absolute Gasteiger partial charge is 0.290 e. The van der Waals surface area contributed by atoms with Gasteiger partial charge >= 0.3 is 0 Å². The molecule has 5 aliphatic rings. The molecule has 8 heteroatoms. The molecule has 3 amide bonds. The summed E-state index contributed by atoms with van der Waals surface area (Å²) in [6, 6.07) is 11.3. The molecule has 0 spiro atoms. The molecule has 33 heavy (non-hydrogen) atoms. The first-order valence-electron chi connectivity index (χ1n) is 10.9. The molecule has 5 nitrogen and oxygen atoms in total. The summed E-state index contributed by atoms with van der Waals surface area (Å²) in [4.78, 5) is 43.1. The Morgan fingerprint density at radius 1 is 0.879 bits per heavy atom. The zero-order chi connectivity index (χ0) is 23.0. The van der Waals surface area contributed by atoms with Gasteiger partial charge in [0, 0.05) is 16.3 Å². The van der Waals surface area contributed by atoms with Gasteiger partial charge in [0.15, 0.2) is 0 Å². The van der Waals surface area contributed by atoms with Crippen molar-refractivity contribution < 1.29 is 14.4 Å². The lowest BCUT2D eigenvalue weighted by atomic mass is 9.63. The standard InChI is InChI=1S/C25H19Cl3N2O3/c26-13-2-4-14(5-3-13)29(23(31)12-1-8-19(27)20(28)9-12)11-30-24(32)21-15-6-7-16(18-10-17(15)18)22(21)25(30)33/h1-9,15-18,21-22H,10-11H2/t15-,16-,17-,18+,21+,22-/m1/s1. The predicted octanol–water partition coefficient (Wildman–Crippen LogP) is 5.30. The minimum absolute atomic E-state index is 0.126. The smallest absolute Gasteiger partial charge is 0.259 e. The number of carbonyl (C=O) groups excluding carboxylic acids is 3. The van der Waals surface area contributed by atoms with Crippen LogP contribution in [0.25, 0.3) is 0 Å². The van der Waals surface area contributed by atoms with E-state index in [2.05, 4.69) is 12.2 Å². The molecule has 6 atom stereocenters. The highest BCUT2D eigenvalue weighted by Crippen LogP contribution is 2.65. The fraction of sp³-hybridized carbons (Fsp3) is 0.320. The molecular formula is C25H19Cl3N2O3. The number of rotatable bonds is 4. The third kappa shape index (κ3) is 3.24. The maximum Gasteiger partial charge on any atom is 0.259 e. The average molecular weight is 502 g/mol. The summed E-state index contributed by atoms with van der Waals surface area (Å²) >= 11 is 18.2. The number of nitrogens with zero attached hydrogens (tertiary/aromatic N) is 2. The molecule has 1 heterocycles. The number of hydrogen-bond acceptors (Lipinski definition) is 3. The Kier molecular flexibility index (Phi) is 4.88. The normalized spacial score (nSPS) is 30.9. The van der Waals surface area contributed by atoms with Crippen LogP contribution < -0.4 is 4.90 Å². The Morgan fingerprint density at radius 3 is 2.06 bits per heavy atom. The van der Waals surface area contributed by atoms with Gasteiger partial charge in [0.05, 0.1) is 21.9 Å². The van der Waals surface area contributed by atoms with Gasteiger partial charge in [-0.25, -0.2) is 0 Å². The second-order valence-electron chi connectivity index (χ2n) is 9.24. The fourth-order valence-corrected chi connectivity index (χ4v) is 6.39. The Balaban J connectivity index is 1.34. The van der Waals surface area contributed by atoms with E-state index in [0.29, 0.717) is 33.1 Å². The molecule has 2 aromatic carbocycles.